The molecule has 2 aromatic heterocycles. The SMILES string of the molecule is Cc1nc2cc(C=O)ccc2n(Cc2ncc(Cl)cn2)c1=O. The van der Waals surface area contributed by atoms with E-state index in [2.05, 4.69) is 15.0 Å². The molecule has 0 saturated heterocycles. The fraction of sp³-hybridized carbons (Fsp3) is 0.133. The van der Waals surface area contributed by atoms with Crippen LogP contribution in [0, 0.1) is 6.92 Å². The smallest absolute Gasteiger partial charge is 0.272 e. The maximum Gasteiger partial charge on any atom is 0.272 e. The Balaban J connectivity index is 2.18. The largest absolute Gasteiger partial charge is 0.298 e. The van der Waals surface area contributed by atoms with Gasteiger partial charge in [-0.3, -0.25) is 14.2 Å². The van der Waals surface area contributed by atoms with Gasteiger partial charge in [-0.25, -0.2) is 15.0 Å². The van der Waals surface area contributed by atoms with E-state index in [0.29, 0.717) is 33.1 Å². The molecule has 110 valence electrons. The van der Waals surface area contributed by atoms with Crippen LogP contribution < -0.4 is 5.56 Å². The molecule has 3 aromatic rings. The summed E-state index contributed by atoms with van der Waals surface area (Å²) in [5.41, 5.74) is 1.84. The third-order valence-electron chi connectivity index (χ3n) is 3.24. The summed E-state index contributed by atoms with van der Waals surface area (Å²) < 4.78 is 1.54. The van der Waals surface area contributed by atoms with Crippen molar-refractivity contribution in [1.29, 1.82) is 0 Å². The molecule has 0 aliphatic carbocycles. The first-order chi connectivity index (χ1) is 10.6. The maximum absolute atomic E-state index is 12.4. The molecule has 0 spiro atoms. The molecule has 0 radical (unpaired) electrons. The lowest BCUT2D eigenvalue weighted by Crippen LogP contribution is -2.25. The molecule has 2 heterocycles. The van der Waals surface area contributed by atoms with Crippen LogP contribution in [-0.4, -0.2) is 25.8 Å². The number of fused-ring (bicyclic) bond motifs is 1. The number of aromatic nitrogens is 4. The van der Waals surface area contributed by atoms with Gasteiger partial charge in [-0.05, 0) is 25.1 Å². The van der Waals surface area contributed by atoms with Crippen molar-refractivity contribution in [1.82, 2.24) is 19.5 Å². The van der Waals surface area contributed by atoms with Crippen molar-refractivity contribution in [2.75, 3.05) is 0 Å². The number of halogens is 1. The lowest BCUT2D eigenvalue weighted by atomic mass is 10.2. The first kappa shape index (κ1) is 14.3. The summed E-state index contributed by atoms with van der Waals surface area (Å²) in [7, 11) is 0. The molecule has 0 N–H and O–H groups in total. The van der Waals surface area contributed by atoms with Crippen LogP contribution in [0.4, 0.5) is 0 Å². The molecule has 0 saturated carbocycles. The van der Waals surface area contributed by atoms with Crippen molar-refractivity contribution in [3.63, 3.8) is 0 Å². The van der Waals surface area contributed by atoms with Gasteiger partial charge in [-0.15, -0.1) is 0 Å². The molecule has 0 aliphatic rings. The summed E-state index contributed by atoms with van der Waals surface area (Å²) in [4.78, 5) is 35.7. The highest BCUT2D eigenvalue weighted by atomic mass is 35.5. The maximum atomic E-state index is 12.4. The Kier molecular flexibility index (Phi) is 3.68. The van der Waals surface area contributed by atoms with Crippen molar-refractivity contribution >= 4 is 28.9 Å². The topological polar surface area (TPSA) is 77.7 Å². The number of carbonyl (C=O) groups excluding carboxylic acids is 1. The lowest BCUT2D eigenvalue weighted by Gasteiger charge is -2.10. The summed E-state index contributed by atoms with van der Waals surface area (Å²) in [6, 6.07) is 4.99. The quantitative estimate of drug-likeness (QED) is 0.691. The Labute approximate surface area is 130 Å². The number of nitrogens with zero attached hydrogens (tertiary/aromatic N) is 4. The van der Waals surface area contributed by atoms with Crippen LogP contribution >= 0.6 is 11.6 Å². The Morgan fingerprint density at radius 3 is 2.68 bits per heavy atom. The molecule has 6 nitrogen and oxygen atoms in total. The lowest BCUT2D eigenvalue weighted by molar-refractivity contribution is 0.112. The van der Waals surface area contributed by atoms with E-state index in [4.69, 9.17) is 11.6 Å². The molecule has 0 amide bonds. The van der Waals surface area contributed by atoms with Crippen LogP contribution in [0.15, 0.2) is 35.4 Å². The Morgan fingerprint density at radius 2 is 2.00 bits per heavy atom. The van der Waals surface area contributed by atoms with Crippen molar-refractivity contribution in [3.05, 3.63) is 63.1 Å². The minimum atomic E-state index is -0.218. The summed E-state index contributed by atoms with van der Waals surface area (Å²) in [6.45, 7) is 1.84. The van der Waals surface area contributed by atoms with E-state index in [-0.39, 0.29) is 12.1 Å². The zero-order valence-corrected chi connectivity index (χ0v) is 12.4. The van der Waals surface area contributed by atoms with Crippen molar-refractivity contribution < 1.29 is 4.79 Å². The Bertz CT molecular complexity index is 919. The van der Waals surface area contributed by atoms with Gasteiger partial charge < -0.3 is 0 Å². The summed E-state index contributed by atoms with van der Waals surface area (Å²) >= 11 is 5.76. The van der Waals surface area contributed by atoms with Gasteiger partial charge in [0.2, 0.25) is 0 Å². The second-order valence-electron chi connectivity index (χ2n) is 4.77. The third-order valence-corrected chi connectivity index (χ3v) is 3.44. The van der Waals surface area contributed by atoms with Gasteiger partial charge >= 0.3 is 0 Å². The van der Waals surface area contributed by atoms with Crippen LogP contribution in [0.5, 0.6) is 0 Å². The normalized spacial score (nSPS) is 10.8. The molecule has 0 aliphatic heterocycles. The summed E-state index contributed by atoms with van der Waals surface area (Å²) in [6.07, 6.45) is 3.71. The first-order valence-corrected chi connectivity index (χ1v) is 6.89. The molecule has 0 unspecified atom stereocenters. The van der Waals surface area contributed by atoms with Crippen LogP contribution in [0.3, 0.4) is 0 Å². The van der Waals surface area contributed by atoms with Crippen LogP contribution in [0.25, 0.3) is 11.0 Å². The molecule has 0 atom stereocenters. The number of carbonyl (C=O) groups is 1. The molecule has 3 rings (SSSR count). The molecular weight excluding hydrogens is 304 g/mol. The van der Waals surface area contributed by atoms with Gasteiger partial charge in [-0.2, -0.15) is 0 Å². The van der Waals surface area contributed by atoms with E-state index in [1.165, 1.54) is 17.0 Å². The highest BCUT2D eigenvalue weighted by Crippen LogP contribution is 2.13. The molecule has 1 aromatic carbocycles. The van der Waals surface area contributed by atoms with E-state index in [1.807, 2.05) is 0 Å². The van der Waals surface area contributed by atoms with Gasteiger partial charge in [-0.1, -0.05) is 11.6 Å². The van der Waals surface area contributed by atoms with Gasteiger partial charge in [0.05, 0.1) is 22.6 Å². The van der Waals surface area contributed by atoms with E-state index in [1.54, 1.807) is 25.1 Å². The molecular formula is C15H11ClN4O2. The minimum Gasteiger partial charge on any atom is -0.298 e. The Hall–Kier alpha value is -2.60. The third kappa shape index (κ3) is 2.60. The molecule has 0 fully saturated rings. The van der Waals surface area contributed by atoms with E-state index < -0.39 is 0 Å². The van der Waals surface area contributed by atoms with Gasteiger partial charge in [0.25, 0.3) is 5.56 Å². The number of aryl methyl sites for hydroxylation is 1. The van der Waals surface area contributed by atoms with E-state index in [9.17, 15) is 9.59 Å². The number of hydrogen-bond acceptors (Lipinski definition) is 5. The fourth-order valence-corrected chi connectivity index (χ4v) is 2.28. The summed E-state index contributed by atoms with van der Waals surface area (Å²) in [5, 5.41) is 0.433. The standard InChI is InChI=1S/C15H11ClN4O2/c1-9-15(22)20(7-14-17-5-11(16)6-18-14)13-3-2-10(8-21)4-12(13)19-9/h2-6,8H,7H2,1H3. The second kappa shape index (κ2) is 5.65. The zero-order chi connectivity index (χ0) is 15.7. The Morgan fingerprint density at radius 1 is 1.27 bits per heavy atom. The predicted molar refractivity (Wildman–Crippen MR) is 82.3 cm³/mol. The van der Waals surface area contributed by atoms with Gasteiger partial charge in [0.1, 0.15) is 17.8 Å². The zero-order valence-electron chi connectivity index (χ0n) is 11.7. The van der Waals surface area contributed by atoms with E-state index in [0.717, 1.165) is 6.29 Å². The second-order valence-corrected chi connectivity index (χ2v) is 5.21. The monoisotopic (exact) mass is 314 g/mol. The fourth-order valence-electron chi connectivity index (χ4n) is 2.18. The predicted octanol–water partition coefficient (Wildman–Crippen LogP) is 2.01. The number of rotatable bonds is 3. The molecule has 7 heteroatoms. The molecule has 0 bridgehead atoms. The van der Waals surface area contributed by atoms with Crippen molar-refractivity contribution in [3.8, 4) is 0 Å². The molecule has 22 heavy (non-hydrogen) atoms. The number of benzene rings is 1. The van der Waals surface area contributed by atoms with E-state index >= 15 is 0 Å². The first-order valence-electron chi connectivity index (χ1n) is 6.51. The number of aldehydes is 1. The minimum absolute atomic E-state index is 0.205. The highest BCUT2D eigenvalue weighted by Gasteiger charge is 2.10. The van der Waals surface area contributed by atoms with Crippen molar-refractivity contribution in [2.45, 2.75) is 13.5 Å². The van der Waals surface area contributed by atoms with Crippen LogP contribution in [-0.2, 0) is 6.54 Å². The van der Waals surface area contributed by atoms with Crippen LogP contribution in [0.1, 0.15) is 21.9 Å². The highest BCUT2D eigenvalue weighted by molar-refractivity contribution is 6.30. The average molecular weight is 315 g/mol. The van der Waals surface area contributed by atoms with Crippen LogP contribution in [0.2, 0.25) is 5.02 Å². The summed E-state index contributed by atoms with van der Waals surface area (Å²) in [5.74, 6) is 0.470. The average Bonchev–Trinajstić information content (AvgIpc) is 2.53. The number of hydrogen-bond donors (Lipinski definition) is 0. The van der Waals surface area contributed by atoms with Gasteiger partial charge in [0.15, 0.2) is 0 Å². The van der Waals surface area contributed by atoms with Gasteiger partial charge in [0, 0.05) is 18.0 Å². The van der Waals surface area contributed by atoms with Crippen molar-refractivity contribution in [2.24, 2.45) is 0 Å².